The number of benzene rings is 7. The minimum absolute atomic E-state index is 0.223. The van der Waals surface area contributed by atoms with Crippen LogP contribution in [0, 0.1) is 19.3 Å². The van der Waals surface area contributed by atoms with Gasteiger partial charge in [0.1, 0.15) is 23.4 Å². The van der Waals surface area contributed by atoms with Crippen LogP contribution in [-0.2, 0) is 31.9 Å². The van der Waals surface area contributed by atoms with E-state index in [-0.39, 0.29) is 23.3 Å². The Morgan fingerprint density at radius 1 is 0.481 bits per heavy atom. The molecular weight excluding hydrogens is 1080 g/mol. The number of carbonyl (C=O) groups is 2. The molecule has 0 aliphatic heterocycles. The first-order valence-corrected chi connectivity index (χ1v) is 30.8. The lowest BCUT2D eigenvalue weighted by Crippen LogP contribution is -2.23. The van der Waals surface area contributed by atoms with Gasteiger partial charge in [0, 0.05) is 83.0 Å². The van der Waals surface area contributed by atoms with Crippen molar-refractivity contribution in [2.24, 2.45) is 5.41 Å². The van der Waals surface area contributed by atoms with Crippen LogP contribution in [0.2, 0.25) is 0 Å². The number of aromatic nitrogens is 2. The molecule has 12 heteroatoms. The van der Waals surface area contributed by atoms with Crippen molar-refractivity contribution >= 4 is 101 Å². The molecule has 0 aliphatic carbocycles. The van der Waals surface area contributed by atoms with Crippen molar-refractivity contribution in [3.8, 4) is 41.8 Å². The Morgan fingerprint density at radius 2 is 0.864 bits per heavy atom. The maximum absolute atomic E-state index is 12.9. The summed E-state index contributed by atoms with van der Waals surface area (Å²) >= 11 is 4.78. The number of ether oxygens (including phenoxy) is 2. The number of thiophene rings is 2. The Bertz CT molecular complexity index is 3740. The molecule has 7 aromatic carbocycles. The van der Waals surface area contributed by atoms with E-state index in [1.165, 1.54) is 32.6 Å². The topological polar surface area (TPSA) is 84.9 Å². The van der Waals surface area contributed by atoms with Crippen molar-refractivity contribution in [1.29, 1.82) is 0 Å². The number of fused-ring (bicyclic) bond motifs is 1. The fourth-order valence-electron chi connectivity index (χ4n) is 9.64. The lowest BCUT2D eigenvalue weighted by Gasteiger charge is -2.26. The second-order valence-corrected chi connectivity index (χ2v) is 25.5. The molecule has 3 aromatic heterocycles. The Morgan fingerprint density at radius 3 is 1.27 bits per heavy atom. The number of hydrogen-bond donors (Lipinski definition) is 0. The van der Waals surface area contributed by atoms with Crippen LogP contribution in [0.3, 0.4) is 0 Å². The van der Waals surface area contributed by atoms with Gasteiger partial charge in [-0.1, -0.05) is 124 Å². The average molecular weight is 1150 g/mol. The van der Waals surface area contributed by atoms with E-state index >= 15 is 0 Å². The zero-order valence-corrected chi connectivity index (χ0v) is 50.8. The largest absolute Gasteiger partial charge is 0.463 e. The Kier molecular flexibility index (Phi) is 17.9. The third kappa shape index (κ3) is 13.6. The molecule has 0 bridgehead atoms. The quantitative estimate of drug-likeness (QED) is 0.0356. The van der Waals surface area contributed by atoms with Gasteiger partial charge in [-0.25, -0.2) is 0 Å². The summed E-state index contributed by atoms with van der Waals surface area (Å²) in [5.74, 6) is 0.0919. The fourth-order valence-corrected chi connectivity index (χ4v) is 12.4. The third-order valence-corrected chi connectivity index (χ3v) is 18.8. The van der Waals surface area contributed by atoms with Crippen LogP contribution in [0.5, 0.6) is 0 Å². The molecule has 0 spiro atoms. The average Bonchev–Trinajstić information content (AvgIpc) is 4.53. The minimum atomic E-state index is -0.306. The first-order valence-electron chi connectivity index (χ1n) is 27.8. The van der Waals surface area contributed by atoms with Crippen molar-refractivity contribution in [3.63, 3.8) is 0 Å². The number of carbonyl (C=O) groups excluding carboxylic acids is 2. The van der Waals surface area contributed by atoms with Gasteiger partial charge >= 0.3 is 5.97 Å². The van der Waals surface area contributed by atoms with Crippen LogP contribution in [-0.4, -0.2) is 39.1 Å². The predicted molar refractivity (Wildman–Crippen MR) is 345 cm³/mol. The molecular formula is C69H69N4O4PS3. The molecule has 0 radical (unpaired) electrons. The minimum Gasteiger partial charge on any atom is -0.463 e. The van der Waals surface area contributed by atoms with Crippen LogP contribution in [0.1, 0.15) is 82.6 Å². The molecule has 2 unspecified atom stereocenters. The van der Waals surface area contributed by atoms with Crippen LogP contribution in [0.4, 0.5) is 34.1 Å². The summed E-state index contributed by atoms with van der Waals surface area (Å²) in [7, 11) is 2.71. The van der Waals surface area contributed by atoms with E-state index in [0.717, 1.165) is 108 Å². The van der Waals surface area contributed by atoms with Crippen molar-refractivity contribution in [1.82, 2.24) is 8.75 Å². The Labute approximate surface area is 492 Å². The summed E-state index contributed by atoms with van der Waals surface area (Å²) in [6.45, 7) is 15.1. The third-order valence-electron chi connectivity index (χ3n) is 15.3. The first kappa shape index (κ1) is 57.1. The van der Waals surface area contributed by atoms with E-state index in [2.05, 4.69) is 229 Å². The zero-order chi connectivity index (χ0) is 56.7. The molecule has 412 valence electrons. The van der Waals surface area contributed by atoms with Crippen LogP contribution < -0.4 is 9.80 Å². The maximum Gasteiger partial charge on any atom is 0.306 e. The Balaban J connectivity index is 0.823. The van der Waals surface area contributed by atoms with Crippen molar-refractivity contribution in [2.75, 3.05) is 23.0 Å². The highest BCUT2D eigenvalue weighted by atomic mass is 32.1. The van der Waals surface area contributed by atoms with Crippen LogP contribution in [0.25, 0.3) is 52.8 Å². The highest BCUT2D eigenvalue weighted by Gasteiger charge is 2.25. The molecule has 0 amide bonds. The predicted octanol–water partition coefficient (Wildman–Crippen LogP) is 19.5. The summed E-state index contributed by atoms with van der Waals surface area (Å²) in [5, 5.41) is -0.306. The summed E-state index contributed by atoms with van der Waals surface area (Å²) in [5.41, 5.74) is 17.0. The second-order valence-electron chi connectivity index (χ2n) is 21.6. The maximum atomic E-state index is 12.9. The summed E-state index contributed by atoms with van der Waals surface area (Å²) in [4.78, 5) is 34.6. The Hall–Kier alpha value is -7.11. The van der Waals surface area contributed by atoms with Gasteiger partial charge in [0.25, 0.3) is 0 Å². The van der Waals surface area contributed by atoms with Crippen molar-refractivity contribution in [3.05, 3.63) is 204 Å². The number of aryl methyl sites for hydroxylation is 4. The highest BCUT2D eigenvalue weighted by Crippen LogP contribution is 2.44. The SMILES string of the molecule is CCC(C)(P)OCCOC(=O)CCc1ccc(N(c2ccc(C)cc2)c2ccc(-c3ccc(-c4ccc(-c5ccc(-c6ccc(N(c7ccc(C)cc7)c7ccc(CCC(=O)C(C)(C)CC)cc7)cc6)s5)c5nsnc45)s3)cc2)cc1. The molecule has 0 fully saturated rings. The normalized spacial score (nSPS) is 12.3. The second kappa shape index (κ2) is 25.4. The number of anilines is 6. The number of rotatable bonds is 23. The van der Waals surface area contributed by atoms with Crippen LogP contribution in [0.15, 0.2) is 182 Å². The molecule has 81 heavy (non-hydrogen) atoms. The van der Waals surface area contributed by atoms with Gasteiger partial charge in [0.15, 0.2) is 0 Å². The van der Waals surface area contributed by atoms with Gasteiger partial charge < -0.3 is 19.3 Å². The lowest BCUT2D eigenvalue weighted by molar-refractivity contribution is -0.146. The van der Waals surface area contributed by atoms with Gasteiger partial charge in [-0.2, -0.15) is 8.75 Å². The number of esters is 1. The first-order chi connectivity index (χ1) is 39.1. The monoisotopic (exact) mass is 1140 g/mol. The summed E-state index contributed by atoms with van der Waals surface area (Å²) in [6, 6.07) is 65.2. The fraction of sp³-hybridized carbons (Fsp3) is 0.246. The summed E-state index contributed by atoms with van der Waals surface area (Å²) in [6.07, 6.45) is 3.89. The van der Waals surface area contributed by atoms with Crippen molar-refractivity contribution < 1.29 is 19.1 Å². The lowest BCUT2D eigenvalue weighted by atomic mass is 9.83. The molecule has 8 nitrogen and oxygen atoms in total. The molecule has 0 aliphatic rings. The smallest absolute Gasteiger partial charge is 0.306 e. The van der Waals surface area contributed by atoms with E-state index in [9.17, 15) is 9.59 Å². The van der Waals surface area contributed by atoms with E-state index in [1.807, 2.05) is 20.8 Å². The molecule has 0 N–H and O–H groups in total. The molecule has 10 aromatic rings. The summed E-state index contributed by atoms with van der Waals surface area (Å²) < 4.78 is 21.0. The van der Waals surface area contributed by atoms with E-state index in [4.69, 9.17) is 18.2 Å². The molecule has 0 saturated carbocycles. The number of Topliss-reactive ketones (excluding diaryl/α,β-unsaturated/α-hetero) is 1. The number of hydrogen-bond acceptors (Lipinski definition) is 11. The van der Waals surface area contributed by atoms with Gasteiger partial charge in [-0.05, 0) is 166 Å². The van der Waals surface area contributed by atoms with E-state index in [1.54, 1.807) is 22.7 Å². The molecule has 3 heterocycles. The number of ketones is 1. The van der Waals surface area contributed by atoms with Crippen molar-refractivity contribution in [2.45, 2.75) is 92.3 Å². The van der Waals surface area contributed by atoms with Gasteiger partial charge in [-0.3, -0.25) is 9.59 Å². The van der Waals surface area contributed by atoms with Gasteiger partial charge in [0.05, 0.1) is 23.7 Å². The zero-order valence-electron chi connectivity index (χ0n) is 47.2. The van der Waals surface area contributed by atoms with Gasteiger partial charge in [0.2, 0.25) is 0 Å². The van der Waals surface area contributed by atoms with Gasteiger partial charge in [-0.15, -0.1) is 31.9 Å². The van der Waals surface area contributed by atoms with Crippen LogP contribution >= 0.6 is 43.6 Å². The standard InChI is InChI=1S/C69H69N4O4PS3/c1-8-68(5,6)64(74)42-18-48-14-28-54(29-15-48)72(52-24-10-46(3)11-25-52)56-32-20-50(21-33-56)60-38-40-62(79-60)58-36-37-59(67-66(58)70-81-71-67)63-41-39-61(80-63)51-22-34-57(35-23-51)73(53-26-12-47(4)13-27-53)55-30-16-49(17-31-55)19-43-65(75)76-44-45-77-69(7,78)9-2/h10-17,20-41H,8-9,18-19,42-45,78H2,1-7H3. The number of nitrogens with zero attached hydrogens (tertiary/aromatic N) is 4. The molecule has 0 saturated heterocycles. The highest BCUT2D eigenvalue weighted by molar-refractivity contribution is 7.19. The molecule has 10 rings (SSSR count). The van der Waals surface area contributed by atoms with E-state index in [0.29, 0.717) is 31.7 Å². The molecule has 2 atom stereocenters. The van der Waals surface area contributed by atoms with E-state index < -0.39 is 0 Å².